The van der Waals surface area contributed by atoms with E-state index in [1.54, 1.807) is 0 Å². The molecule has 1 aliphatic heterocycles. The summed E-state index contributed by atoms with van der Waals surface area (Å²) in [5.41, 5.74) is 0.177. The van der Waals surface area contributed by atoms with Crippen LogP contribution in [0.4, 0.5) is 0 Å². The van der Waals surface area contributed by atoms with Gasteiger partial charge in [-0.25, -0.2) is 0 Å². The largest absolute Gasteiger partial charge is 0.297 e. The molecule has 2 saturated carbocycles. The number of ketones is 1. The minimum atomic E-state index is -0.0451. The van der Waals surface area contributed by atoms with E-state index in [0.717, 1.165) is 6.42 Å². The topological polar surface area (TPSA) is 17.1 Å². The Labute approximate surface area is 100 Å². The molecule has 0 radical (unpaired) electrons. The molecule has 1 saturated heterocycles. The van der Waals surface area contributed by atoms with E-state index in [0.29, 0.717) is 11.7 Å². The predicted octanol–water partition coefficient (Wildman–Crippen LogP) is 3.19. The summed E-state index contributed by atoms with van der Waals surface area (Å²) in [6, 6.07) is 0. The molecule has 2 atom stereocenters. The number of hydrogen-bond acceptors (Lipinski definition) is 3. The van der Waals surface area contributed by atoms with Gasteiger partial charge in [0.1, 0.15) is 4.08 Å². The van der Waals surface area contributed by atoms with E-state index in [1.165, 1.54) is 17.9 Å². The van der Waals surface area contributed by atoms with Crippen molar-refractivity contribution in [2.24, 2.45) is 16.7 Å². The predicted molar refractivity (Wildman–Crippen MR) is 67.3 cm³/mol. The Morgan fingerprint density at radius 1 is 1.20 bits per heavy atom. The first-order valence-corrected chi connectivity index (χ1v) is 7.75. The van der Waals surface area contributed by atoms with E-state index < -0.39 is 0 Å². The van der Waals surface area contributed by atoms with Gasteiger partial charge in [-0.1, -0.05) is 20.8 Å². The van der Waals surface area contributed by atoms with Crippen molar-refractivity contribution in [2.45, 2.75) is 37.7 Å². The van der Waals surface area contributed by atoms with Crippen LogP contribution in [0.25, 0.3) is 0 Å². The summed E-state index contributed by atoms with van der Waals surface area (Å²) in [5, 5.41) is 0. The molecule has 0 N–H and O–H groups in total. The molecule has 3 aliphatic rings. The van der Waals surface area contributed by atoms with Crippen LogP contribution in [-0.4, -0.2) is 21.4 Å². The average Bonchev–Trinajstić information content (AvgIpc) is 2.74. The molecule has 3 heteroatoms. The molecular weight excluding hydrogens is 224 g/mol. The Hall–Kier alpha value is 0.370. The van der Waals surface area contributed by atoms with Gasteiger partial charge in [-0.2, -0.15) is 0 Å². The molecule has 1 heterocycles. The third-order valence-corrected chi connectivity index (χ3v) is 8.80. The molecule has 2 unspecified atom stereocenters. The van der Waals surface area contributed by atoms with E-state index in [9.17, 15) is 4.79 Å². The fourth-order valence-corrected chi connectivity index (χ4v) is 7.92. The van der Waals surface area contributed by atoms with E-state index in [2.05, 4.69) is 20.8 Å². The molecule has 0 aromatic heterocycles. The van der Waals surface area contributed by atoms with Gasteiger partial charge in [-0.15, -0.1) is 23.5 Å². The number of hydrogen-bond donors (Lipinski definition) is 0. The lowest BCUT2D eigenvalue weighted by Crippen LogP contribution is -2.39. The van der Waals surface area contributed by atoms with E-state index in [1.807, 2.05) is 23.5 Å². The first-order chi connectivity index (χ1) is 6.95. The van der Waals surface area contributed by atoms with Gasteiger partial charge in [-0.05, 0) is 24.2 Å². The van der Waals surface area contributed by atoms with Gasteiger partial charge in [0.05, 0.1) is 0 Å². The van der Waals surface area contributed by atoms with Gasteiger partial charge in [0, 0.05) is 16.9 Å². The van der Waals surface area contributed by atoms with Crippen LogP contribution in [0, 0.1) is 16.7 Å². The standard InChI is InChI=1S/C12H18OS2/c1-10(2)8-4-5-11(10,3)9(13)12(8)14-6-7-15-12/h8H,4-7H2,1-3H3. The fourth-order valence-electron chi connectivity index (χ4n) is 3.88. The van der Waals surface area contributed by atoms with Crippen LogP contribution in [0.5, 0.6) is 0 Å². The SMILES string of the molecule is CC12CCC(C3(SCCS3)C1=O)C2(C)C. The first-order valence-electron chi connectivity index (χ1n) is 5.78. The number of thioether (sulfide) groups is 2. The lowest BCUT2D eigenvalue weighted by Gasteiger charge is -2.32. The molecule has 1 spiro atoms. The van der Waals surface area contributed by atoms with E-state index in [-0.39, 0.29) is 14.9 Å². The van der Waals surface area contributed by atoms with Crippen LogP contribution in [-0.2, 0) is 4.79 Å². The third-order valence-electron chi connectivity index (χ3n) is 5.22. The van der Waals surface area contributed by atoms with Crippen LogP contribution >= 0.6 is 23.5 Å². The molecular formula is C12H18OS2. The van der Waals surface area contributed by atoms with Crippen molar-refractivity contribution >= 4 is 29.3 Å². The van der Waals surface area contributed by atoms with E-state index >= 15 is 0 Å². The Morgan fingerprint density at radius 3 is 2.27 bits per heavy atom. The highest BCUT2D eigenvalue weighted by molar-refractivity contribution is 8.22. The summed E-state index contributed by atoms with van der Waals surface area (Å²) in [6.45, 7) is 6.84. The third kappa shape index (κ3) is 0.940. The van der Waals surface area contributed by atoms with Crippen LogP contribution in [0.15, 0.2) is 0 Å². The normalized spacial score (nSPS) is 45.5. The zero-order valence-corrected chi connectivity index (χ0v) is 11.3. The fraction of sp³-hybridized carbons (Fsp3) is 0.917. The van der Waals surface area contributed by atoms with Gasteiger partial charge in [0.15, 0.2) is 5.78 Å². The quantitative estimate of drug-likeness (QED) is 0.649. The van der Waals surface area contributed by atoms with Crippen LogP contribution in [0.1, 0.15) is 33.6 Å². The summed E-state index contributed by atoms with van der Waals surface area (Å²) in [4.78, 5) is 12.7. The second-order valence-corrected chi connectivity index (χ2v) is 8.78. The number of Topliss-reactive ketones (excluding diaryl/α,β-unsaturated/α-hetero) is 1. The van der Waals surface area contributed by atoms with Crippen molar-refractivity contribution in [3.63, 3.8) is 0 Å². The minimum absolute atomic E-state index is 0.0397. The van der Waals surface area contributed by atoms with Crippen molar-refractivity contribution in [3.05, 3.63) is 0 Å². The Bertz CT molecular complexity index is 331. The summed E-state index contributed by atoms with van der Waals surface area (Å²) in [7, 11) is 0. The van der Waals surface area contributed by atoms with Gasteiger partial charge < -0.3 is 0 Å². The monoisotopic (exact) mass is 242 g/mol. The molecule has 84 valence electrons. The maximum atomic E-state index is 12.7. The summed E-state index contributed by atoms with van der Waals surface area (Å²) in [6.07, 6.45) is 2.38. The zero-order valence-electron chi connectivity index (χ0n) is 9.63. The van der Waals surface area contributed by atoms with Gasteiger partial charge in [0.25, 0.3) is 0 Å². The number of rotatable bonds is 0. The maximum absolute atomic E-state index is 12.7. The van der Waals surface area contributed by atoms with Crippen molar-refractivity contribution in [2.75, 3.05) is 11.5 Å². The Balaban J connectivity index is 2.14. The Morgan fingerprint density at radius 2 is 1.80 bits per heavy atom. The number of carbonyl (C=O) groups is 1. The van der Waals surface area contributed by atoms with Crippen molar-refractivity contribution in [3.8, 4) is 0 Å². The van der Waals surface area contributed by atoms with E-state index in [4.69, 9.17) is 0 Å². The summed E-state index contributed by atoms with van der Waals surface area (Å²) < 4.78 is -0.0451. The average molecular weight is 242 g/mol. The summed E-state index contributed by atoms with van der Waals surface area (Å²) in [5.74, 6) is 3.50. The van der Waals surface area contributed by atoms with Crippen molar-refractivity contribution < 1.29 is 4.79 Å². The lowest BCUT2D eigenvalue weighted by molar-refractivity contribution is -0.128. The number of carbonyl (C=O) groups excluding carboxylic acids is 1. The zero-order chi connectivity index (χ0) is 10.9. The molecule has 15 heavy (non-hydrogen) atoms. The molecule has 3 rings (SSSR count). The summed E-state index contributed by atoms with van der Waals surface area (Å²) >= 11 is 3.88. The highest BCUT2D eigenvalue weighted by Gasteiger charge is 2.74. The lowest BCUT2D eigenvalue weighted by atomic mass is 9.70. The van der Waals surface area contributed by atoms with Crippen molar-refractivity contribution in [1.29, 1.82) is 0 Å². The second kappa shape index (κ2) is 2.79. The highest BCUT2D eigenvalue weighted by Crippen LogP contribution is 2.74. The minimum Gasteiger partial charge on any atom is -0.297 e. The molecule has 0 aromatic carbocycles. The molecule has 0 amide bonds. The number of fused-ring (bicyclic) bond motifs is 3. The molecule has 1 nitrogen and oxygen atoms in total. The second-order valence-electron chi connectivity index (χ2n) is 5.84. The van der Waals surface area contributed by atoms with Gasteiger partial charge in [-0.3, -0.25) is 4.79 Å². The van der Waals surface area contributed by atoms with Crippen molar-refractivity contribution in [1.82, 2.24) is 0 Å². The smallest absolute Gasteiger partial charge is 0.165 e. The van der Waals surface area contributed by atoms with Crippen LogP contribution < -0.4 is 0 Å². The van der Waals surface area contributed by atoms with Gasteiger partial charge >= 0.3 is 0 Å². The Kier molecular flexibility index (Phi) is 1.95. The first kappa shape index (κ1) is 10.5. The molecule has 2 aliphatic carbocycles. The molecule has 2 bridgehead atoms. The molecule has 0 aromatic rings. The van der Waals surface area contributed by atoms with Gasteiger partial charge in [0.2, 0.25) is 0 Å². The van der Waals surface area contributed by atoms with Crippen LogP contribution in [0.3, 0.4) is 0 Å². The highest BCUT2D eigenvalue weighted by atomic mass is 32.2. The van der Waals surface area contributed by atoms with Crippen LogP contribution in [0.2, 0.25) is 0 Å². The maximum Gasteiger partial charge on any atom is 0.165 e. The molecule has 3 fully saturated rings.